The van der Waals surface area contributed by atoms with Crippen LogP contribution in [0.1, 0.15) is 31.0 Å². The summed E-state index contributed by atoms with van der Waals surface area (Å²) in [6.07, 6.45) is 0. The van der Waals surface area contributed by atoms with Gasteiger partial charge < -0.3 is 0 Å². The summed E-state index contributed by atoms with van der Waals surface area (Å²) in [7, 11) is 0. The van der Waals surface area contributed by atoms with Gasteiger partial charge >= 0.3 is 0 Å². The topological polar surface area (TPSA) is 17.8 Å². The van der Waals surface area contributed by atoms with Gasteiger partial charge in [-0.2, -0.15) is 5.10 Å². The summed E-state index contributed by atoms with van der Waals surface area (Å²) in [4.78, 5) is 0. The minimum atomic E-state index is -0.482. The maximum atomic E-state index is 13.4. The largest absolute Gasteiger partial charge is 0.222 e. The van der Waals surface area contributed by atoms with Crippen LogP contribution in [-0.2, 0) is 0 Å². The van der Waals surface area contributed by atoms with Crippen molar-refractivity contribution in [2.45, 2.75) is 26.7 Å². The van der Waals surface area contributed by atoms with Gasteiger partial charge in [0.2, 0.25) is 0 Å². The normalized spacial score (nSPS) is 11.3. The molecule has 1 aromatic heterocycles. The molecule has 0 aliphatic heterocycles. The fourth-order valence-corrected chi connectivity index (χ4v) is 2.56. The zero-order chi connectivity index (χ0) is 13.4. The van der Waals surface area contributed by atoms with Crippen molar-refractivity contribution in [2.24, 2.45) is 0 Å². The van der Waals surface area contributed by atoms with Gasteiger partial charge in [0.25, 0.3) is 0 Å². The predicted octanol–water partition coefficient (Wildman–Crippen LogP) is 4.75. The Kier molecular flexibility index (Phi) is 3.64. The highest BCUT2D eigenvalue weighted by molar-refractivity contribution is 6.31. The Morgan fingerprint density at radius 2 is 1.94 bits per heavy atom. The zero-order valence-corrected chi connectivity index (χ0v) is 11.8. The average Bonchev–Trinajstić information content (AvgIpc) is 2.58. The minimum Gasteiger partial charge on any atom is -0.222 e. The molecule has 2 nitrogen and oxygen atoms in total. The molecule has 1 heterocycles. The lowest BCUT2D eigenvalue weighted by Crippen LogP contribution is -1.98. The Morgan fingerprint density at radius 1 is 1.28 bits per heavy atom. The molecule has 0 unspecified atom stereocenters. The summed E-state index contributed by atoms with van der Waals surface area (Å²) < 4.78 is 15.0. The van der Waals surface area contributed by atoms with Gasteiger partial charge in [-0.3, -0.25) is 0 Å². The van der Waals surface area contributed by atoms with Crippen LogP contribution < -0.4 is 0 Å². The van der Waals surface area contributed by atoms with Crippen molar-refractivity contribution in [3.05, 3.63) is 45.4 Å². The molecule has 0 bridgehead atoms. The summed E-state index contributed by atoms with van der Waals surface area (Å²) >= 11 is 12.0. The van der Waals surface area contributed by atoms with Gasteiger partial charge in [-0.25, -0.2) is 9.07 Å². The van der Waals surface area contributed by atoms with E-state index in [1.54, 1.807) is 6.07 Å². The molecule has 0 fully saturated rings. The van der Waals surface area contributed by atoms with Crippen LogP contribution in [0.3, 0.4) is 0 Å². The first kappa shape index (κ1) is 13.4. The van der Waals surface area contributed by atoms with E-state index in [4.69, 9.17) is 23.2 Å². The van der Waals surface area contributed by atoms with Crippen molar-refractivity contribution in [1.29, 1.82) is 0 Å². The van der Waals surface area contributed by atoms with E-state index in [1.165, 1.54) is 16.8 Å². The molecule has 0 atom stereocenters. The predicted molar refractivity (Wildman–Crippen MR) is 72.4 cm³/mol. The van der Waals surface area contributed by atoms with E-state index in [2.05, 4.69) is 5.10 Å². The molecule has 0 aliphatic rings. The minimum absolute atomic E-state index is 0.0860. The Bertz CT molecular complexity index is 591. The molecule has 96 valence electrons. The zero-order valence-electron chi connectivity index (χ0n) is 10.3. The molecule has 2 aromatic rings. The highest BCUT2D eigenvalue weighted by atomic mass is 35.5. The molecule has 0 saturated heterocycles. The number of halogens is 3. The molecular weight excluding hydrogens is 274 g/mol. The van der Waals surface area contributed by atoms with Crippen molar-refractivity contribution in [1.82, 2.24) is 9.78 Å². The van der Waals surface area contributed by atoms with Crippen molar-refractivity contribution < 1.29 is 4.39 Å². The maximum absolute atomic E-state index is 13.4. The average molecular weight is 287 g/mol. The van der Waals surface area contributed by atoms with E-state index in [9.17, 15) is 4.39 Å². The molecule has 18 heavy (non-hydrogen) atoms. The number of aryl methyl sites for hydroxylation is 1. The monoisotopic (exact) mass is 286 g/mol. The second kappa shape index (κ2) is 4.90. The molecular formula is C13H13Cl2FN2. The summed E-state index contributed by atoms with van der Waals surface area (Å²) in [5, 5.41) is 4.95. The van der Waals surface area contributed by atoms with Gasteiger partial charge in [0.1, 0.15) is 11.0 Å². The number of hydrogen-bond donors (Lipinski definition) is 0. The van der Waals surface area contributed by atoms with E-state index >= 15 is 0 Å². The summed E-state index contributed by atoms with van der Waals surface area (Å²) in [5.41, 5.74) is 2.40. The standard InChI is InChI=1S/C13H13Cl2FN2/c1-7(2)12-8(3)17-18(13(12)15)9-4-5-10(14)11(16)6-9/h4-7H,1-3H3. The first-order valence-electron chi connectivity index (χ1n) is 5.62. The van der Waals surface area contributed by atoms with E-state index < -0.39 is 5.82 Å². The van der Waals surface area contributed by atoms with E-state index in [0.29, 0.717) is 10.8 Å². The first-order chi connectivity index (χ1) is 8.41. The van der Waals surface area contributed by atoms with E-state index in [1.807, 2.05) is 20.8 Å². The van der Waals surface area contributed by atoms with Crippen LogP contribution in [0.25, 0.3) is 5.69 Å². The highest BCUT2D eigenvalue weighted by Gasteiger charge is 2.17. The first-order valence-corrected chi connectivity index (χ1v) is 6.38. The summed E-state index contributed by atoms with van der Waals surface area (Å²) in [5.74, 6) is -0.215. The van der Waals surface area contributed by atoms with Gasteiger partial charge in [-0.05, 0) is 25.0 Å². The third-order valence-electron chi connectivity index (χ3n) is 2.77. The second-order valence-electron chi connectivity index (χ2n) is 4.45. The van der Waals surface area contributed by atoms with Crippen LogP contribution in [0.2, 0.25) is 10.2 Å². The lowest BCUT2D eigenvalue weighted by Gasteiger charge is -2.06. The number of hydrogen-bond acceptors (Lipinski definition) is 1. The van der Waals surface area contributed by atoms with Crippen molar-refractivity contribution in [3.63, 3.8) is 0 Å². The van der Waals surface area contributed by atoms with Gasteiger partial charge in [0.05, 0.1) is 16.4 Å². The molecule has 0 amide bonds. The second-order valence-corrected chi connectivity index (χ2v) is 5.22. The van der Waals surface area contributed by atoms with Crippen molar-refractivity contribution in [3.8, 4) is 5.69 Å². The summed E-state index contributed by atoms with van der Waals surface area (Å²) in [6.45, 7) is 5.98. The molecule has 1 aromatic carbocycles. The molecule has 0 N–H and O–H groups in total. The van der Waals surface area contributed by atoms with E-state index in [-0.39, 0.29) is 10.9 Å². The van der Waals surface area contributed by atoms with Crippen LogP contribution in [0, 0.1) is 12.7 Å². The number of aromatic nitrogens is 2. The number of benzene rings is 1. The van der Waals surface area contributed by atoms with Crippen LogP contribution in [0.4, 0.5) is 4.39 Å². The summed E-state index contributed by atoms with van der Waals surface area (Å²) in [6, 6.07) is 4.51. The van der Waals surface area contributed by atoms with Gasteiger partial charge in [0.15, 0.2) is 0 Å². The van der Waals surface area contributed by atoms with Crippen molar-refractivity contribution in [2.75, 3.05) is 0 Å². The third-order valence-corrected chi connectivity index (χ3v) is 3.44. The molecule has 5 heteroatoms. The van der Waals surface area contributed by atoms with Gasteiger partial charge in [-0.1, -0.05) is 37.0 Å². The fourth-order valence-electron chi connectivity index (χ4n) is 1.95. The van der Waals surface area contributed by atoms with Crippen LogP contribution in [-0.4, -0.2) is 9.78 Å². The quantitative estimate of drug-likeness (QED) is 0.779. The Labute approximate surface area is 115 Å². The molecule has 0 spiro atoms. The van der Waals surface area contributed by atoms with Crippen LogP contribution >= 0.6 is 23.2 Å². The maximum Gasteiger partial charge on any atom is 0.143 e. The molecule has 0 saturated carbocycles. The molecule has 0 radical (unpaired) electrons. The SMILES string of the molecule is Cc1nn(-c2ccc(Cl)c(F)c2)c(Cl)c1C(C)C. The third kappa shape index (κ3) is 2.25. The fraction of sp³-hybridized carbons (Fsp3) is 0.308. The van der Waals surface area contributed by atoms with Crippen molar-refractivity contribution >= 4 is 23.2 Å². The smallest absolute Gasteiger partial charge is 0.143 e. The molecule has 2 rings (SSSR count). The van der Waals surface area contributed by atoms with E-state index in [0.717, 1.165) is 11.3 Å². The Hall–Kier alpha value is -1.06. The van der Waals surface area contributed by atoms with Gasteiger partial charge in [0, 0.05) is 11.6 Å². The molecule has 0 aliphatic carbocycles. The van der Waals surface area contributed by atoms with Crippen LogP contribution in [0.5, 0.6) is 0 Å². The Balaban J connectivity index is 2.58. The lowest BCUT2D eigenvalue weighted by molar-refractivity contribution is 0.626. The lowest BCUT2D eigenvalue weighted by atomic mass is 10.1. The number of rotatable bonds is 2. The highest BCUT2D eigenvalue weighted by Crippen LogP contribution is 2.30. The number of nitrogens with zero attached hydrogens (tertiary/aromatic N) is 2. The Morgan fingerprint density at radius 3 is 2.44 bits per heavy atom. The van der Waals surface area contributed by atoms with Gasteiger partial charge in [-0.15, -0.1) is 0 Å². The van der Waals surface area contributed by atoms with Crippen LogP contribution in [0.15, 0.2) is 18.2 Å².